The molecule has 0 bridgehead atoms. The Morgan fingerprint density at radius 3 is 2.71 bits per heavy atom. The Morgan fingerprint density at radius 2 is 1.96 bits per heavy atom. The summed E-state index contributed by atoms with van der Waals surface area (Å²) in [5, 5.41) is 12.7. The van der Waals surface area contributed by atoms with Gasteiger partial charge in [0.1, 0.15) is 11.6 Å². The van der Waals surface area contributed by atoms with Gasteiger partial charge in [-0.25, -0.2) is 11.0 Å². The van der Waals surface area contributed by atoms with Crippen molar-refractivity contribution in [1.82, 2.24) is 14.6 Å². The van der Waals surface area contributed by atoms with Gasteiger partial charge in [0.25, 0.3) is 0 Å². The molecule has 4 N–H and O–H groups in total. The molecule has 0 fully saturated rings. The molecular formula is C16H17N7O. The zero-order valence-electron chi connectivity index (χ0n) is 12.9. The van der Waals surface area contributed by atoms with E-state index in [0.29, 0.717) is 24.0 Å². The highest BCUT2D eigenvalue weighted by molar-refractivity contribution is 5.38. The lowest BCUT2D eigenvalue weighted by Crippen LogP contribution is -2.47. The first kappa shape index (κ1) is 14.5. The second-order valence-corrected chi connectivity index (χ2v) is 5.53. The van der Waals surface area contributed by atoms with E-state index in [2.05, 4.69) is 27.4 Å². The molecule has 0 aliphatic carbocycles. The van der Waals surface area contributed by atoms with Gasteiger partial charge in [0, 0.05) is 6.42 Å². The molecule has 24 heavy (non-hydrogen) atoms. The van der Waals surface area contributed by atoms with Gasteiger partial charge in [0.2, 0.25) is 11.6 Å². The number of nitrogens with two attached hydrogens (primary N) is 1. The Kier molecular flexibility index (Phi) is 3.51. The Hall–Kier alpha value is -3.13. The van der Waals surface area contributed by atoms with Gasteiger partial charge in [-0.2, -0.15) is 14.6 Å². The fourth-order valence-corrected chi connectivity index (χ4v) is 2.74. The van der Waals surface area contributed by atoms with E-state index in [-0.39, 0.29) is 5.62 Å². The average Bonchev–Trinajstić information content (AvgIpc) is 3.22. The minimum Gasteiger partial charge on any atom is -0.465 e. The number of rotatable bonds is 4. The Balaban J connectivity index is 1.58. The highest BCUT2D eigenvalue weighted by atomic mass is 16.3. The summed E-state index contributed by atoms with van der Waals surface area (Å²) in [5.41, 5.74) is 1.25. The quantitative estimate of drug-likeness (QED) is 0.620. The molecule has 122 valence electrons. The molecule has 4 rings (SSSR count). The summed E-state index contributed by atoms with van der Waals surface area (Å²) in [4.78, 5) is 8.75. The SMILES string of the molecule is N=c1nc(CCc2ccccc2)nc2n1N(N)C(c1ccco1)N2. The lowest BCUT2D eigenvalue weighted by atomic mass is 10.1. The fraction of sp³-hybridized carbons (Fsp3) is 0.188. The van der Waals surface area contributed by atoms with E-state index in [9.17, 15) is 0 Å². The first-order valence-electron chi connectivity index (χ1n) is 7.65. The van der Waals surface area contributed by atoms with Crippen LogP contribution in [0.4, 0.5) is 5.95 Å². The largest absolute Gasteiger partial charge is 0.465 e. The third-order valence-corrected chi connectivity index (χ3v) is 3.93. The molecule has 8 nitrogen and oxygen atoms in total. The Morgan fingerprint density at radius 1 is 1.12 bits per heavy atom. The molecule has 3 aromatic rings. The highest BCUT2D eigenvalue weighted by Gasteiger charge is 2.31. The molecular weight excluding hydrogens is 306 g/mol. The topological polar surface area (TPSA) is 109 Å². The summed E-state index contributed by atoms with van der Waals surface area (Å²) in [6.07, 6.45) is 2.64. The molecule has 0 spiro atoms. The number of benzene rings is 1. The maximum Gasteiger partial charge on any atom is 0.247 e. The first-order chi connectivity index (χ1) is 11.7. The summed E-state index contributed by atoms with van der Waals surface area (Å²) in [6.45, 7) is 0. The van der Waals surface area contributed by atoms with Gasteiger partial charge in [0.05, 0.1) is 6.26 Å². The second-order valence-electron chi connectivity index (χ2n) is 5.53. The molecule has 3 heterocycles. The van der Waals surface area contributed by atoms with Gasteiger partial charge in [0.15, 0.2) is 6.17 Å². The number of furan rings is 1. The van der Waals surface area contributed by atoms with Crippen molar-refractivity contribution in [1.29, 1.82) is 5.41 Å². The van der Waals surface area contributed by atoms with Crippen LogP contribution in [0, 0.1) is 5.41 Å². The van der Waals surface area contributed by atoms with Crippen LogP contribution in [-0.2, 0) is 12.8 Å². The molecule has 8 heteroatoms. The molecule has 0 saturated heterocycles. The van der Waals surface area contributed by atoms with Crippen molar-refractivity contribution >= 4 is 5.95 Å². The van der Waals surface area contributed by atoms with Crippen LogP contribution in [0.2, 0.25) is 0 Å². The fourth-order valence-electron chi connectivity index (χ4n) is 2.74. The predicted molar refractivity (Wildman–Crippen MR) is 87.2 cm³/mol. The Labute approximate surface area is 138 Å². The number of nitrogens with one attached hydrogen (secondary N) is 2. The molecule has 2 aromatic heterocycles. The van der Waals surface area contributed by atoms with Crippen LogP contribution in [0.3, 0.4) is 0 Å². The number of aromatic nitrogens is 3. The van der Waals surface area contributed by atoms with Crippen LogP contribution in [0.25, 0.3) is 0 Å². The molecule has 1 aliphatic rings. The van der Waals surface area contributed by atoms with Crippen LogP contribution < -0.4 is 21.9 Å². The monoisotopic (exact) mass is 323 g/mol. The molecule has 0 amide bonds. The normalized spacial score (nSPS) is 16.0. The molecule has 1 atom stereocenters. The summed E-state index contributed by atoms with van der Waals surface area (Å²) in [7, 11) is 0. The number of aryl methyl sites for hydroxylation is 2. The maximum absolute atomic E-state index is 8.14. The summed E-state index contributed by atoms with van der Waals surface area (Å²) >= 11 is 0. The number of fused-ring (bicyclic) bond motifs is 1. The van der Waals surface area contributed by atoms with Gasteiger partial charge < -0.3 is 9.73 Å². The van der Waals surface area contributed by atoms with Gasteiger partial charge in [-0.05, 0) is 24.1 Å². The van der Waals surface area contributed by atoms with Gasteiger partial charge in [-0.3, -0.25) is 5.41 Å². The van der Waals surface area contributed by atoms with Crippen molar-refractivity contribution in [3.05, 3.63) is 71.5 Å². The van der Waals surface area contributed by atoms with Gasteiger partial charge >= 0.3 is 0 Å². The van der Waals surface area contributed by atoms with Gasteiger partial charge in [-0.1, -0.05) is 30.3 Å². The molecule has 1 aliphatic heterocycles. The van der Waals surface area contributed by atoms with E-state index in [1.807, 2.05) is 24.3 Å². The van der Waals surface area contributed by atoms with Gasteiger partial charge in [-0.15, -0.1) is 0 Å². The predicted octanol–water partition coefficient (Wildman–Crippen LogP) is 1.07. The van der Waals surface area contributed by atoms with E-state index in [4.69, 9.17) is 15.7 Å². The van der Waals surface area contributed by atoms with Crippen molar-refractivity contribution in [3.63, 3.8) is 0 Å². The molecule has 1 unspecified atom stereocenters. The van der Waals surface area contributed by atoms with Crippen molar-refractivity contribution in [2.24, 2.45) is 5.84 Å². The molecule has 0 radical (unpaired) electrons. The third kappa shape index (κ3) is 2.52. The van der Waals surface area contributed by atoms with Crippen molar-refractivity contribution in [2.75, 3.05) is 10.4 Å². The smallest absolute Gasteiger partial charge is 0.247 e. The van der Waals surface area contributed by atoms with Crippen molar-refractivity contribution in [3.8, 4) is 0 Å². The lowest BCUT2D eigenvalue weighted by Gasteiger charge is -2.18. The zero-order chi connectivity index (χ0) is 16.5. The van der Waals surface area contributed by atoms with E-state index in [0.717, 1.165) is 6.42 Å². The van der Waals surface area contributed by atoms with E-state index in [1.54, 1.807) is 12.3 Å². The Bertz CT molecular complexity index is 889. The lowest BCUT2D eigenvalue weighted by molar-refractivity contribution is 0.442. The summed E-state index contributed by atoms with van der Waals surface area (Å²) < 4.78 is 6.82. The van der Waals surface area contributed by atoms with Crippen LogP contribution in [-0.4, -0.2) is 14.6 Å². The minimum absolute atomic E-state index is 0.0344. The number of nitrogens with zero attached hydrogens (tertiary/aromatic N) is 4. The standard InChI is InChI=1S/C16H17N7O/c17-15-19-13(9-8-11-5-2-1-3-6-11)20-16-21-14(23(18)22(15)16)12-7-4-10-24-12/h1-7,10,14H,8-9,18H2,(H2,17,19,20,21). The maximum atomic E-state index is 8.14. The number of hydrazine groups is 1. The molecule has 0 saturated carbocycles. The van der Waals surface area contributed by atoms with E-state index >= 15 is 0 Å². The van der Waals surface area contributed by atoms with Crippen LogP contribution in [0.15, 0.2) is 53.1 Å². The molecule has 1 aromatic carbocycles. The summed E-state index contributed by atoms with van der Waals surface area (Å²) in [6, 6.07) is 13.7. The zero-order valence-corrected chi connectivity index (χ0v) is 12.9. The first-order valence-corrected chi connectivity index (χ1v) is 7.65. The minimum atomic E-state index is -0.414. The van der Waals surface area contributed by atoms with E-state index < -0.39 is 6.17 Å². The van der Waals surface area contributed by atoms with Crippen molar-refractivity contribution in [2.45, 2.75) is 19.0 Å². The summed E-state index contributed by atoms with van der Waals surface area (Å²) in [5.74, 6) is 7.81. The van der Waals surface area contributed by atoms with Crippen LogP contribution in [0.5, 0.6) is 0 Å². The van der Waals surface area contributed by atoms with Crippen LogP contribution >= 0.6 is 0 Å². The third-order valence-electron chi connectivity index (χ3n) is 3.93. The average molecular weight is 323 g/mol. The number of hydrogen-bond acceptors (Lipinski definition) is 7. The number of hydrogen-bond donors (Lipinski definition) is 3. The second kappa shape index (κ2) is 5.82. The van der Waals surface area contributed by atoms with Crippen molar-refractivity contribution < 1.29 is 4.42 Å². The van der Waals surface area contributed by atoms with E-state index in [1.165, 1.54) is 15.4 Å². The van der Waals surface area contributed by atoms with Crippen LogP contribution in [0.1, 0.15) is 23.3 Å². The number of anilines is 1. The highest BCUT2D eigenvalue weighted by Crippen LogP contribution is 2.25.